The summed E-state index contributed by atoms with van der Waals surface area (Å²) in [6.07, 6.45) is 1.47. The summed E-state index contributed by atoms with van der Waals surface area (Å²) < 4.78 is 11.3. The van der Waals surface area contributed by atoms with Crippen molar-refractivity contribution in [3.63, 3.8) is 0 Å². The molecule has 2 N–H and O–H groups in total. The van der Waals surface area contributed by atoms with Crippen molar-refractivity contribution in [1.29, 1.82) is 0 Å². The Bertz CT molecular complexity index is 262. The molecule has 0 saturated carbocycles. The molecule has 4 atom stereocenters. The van der Waals surface area contributed by atoms with Crippen molar-refractivity contribution in [2.75, 3.05) is 32.9 Å². The fourth-order valence-corrected chi connectivity index (χ4v) is 2.84. The smallest absolute Gasteiger partial charge is 0.0674 e. The van der Waals surface area contributed by atoms with Crippen molar-refractivity contribution in [3.8, 4) is 0 Å². The molecule has 4 nitrogen and oxygen atoms in total. The second-order valence-electron chi connectivity index (χ2n) is 5.91. The number of morpholine rings is 1. The van der Waals surface area contributed by atoms with Gasteiger partial charge in [-0.3, -0.25) is 4.90 Å². The highest BCUT2D eigenvalue weighted by molar-refractivity contribution is 4.94. The second-order valence-corrected chi connectivity index (χ2v) is 5.91. The van der Waals surface area contributed by atoms with Gasteiger partial charge in [0.25, 0.3) is 0 Å². The Labute approximate surface area is 104 Å². The summed E-state index contributed by atoms with van der Waals surface area (Å²) in [7, 11) is 0. The Morgan fingerprint density at radius 1 is 1.41 bits per heavy atom. The van der Waals surface area contributed by atoms with Gasteiger partial charge in [-0.15, -0.1) is 0 Å². The summed E-state index contributed by atoms with van der Waals surface area (Å²) in [6.45, 7) is 11.0. The van der Waals surface area contributed by atoms with Gasteiger partial charge in [-0.2, -0.15) is 0 Å². The van der Waals surface area contributed by atoms with Gasteiger partial charge in [0.15, 0.2) is 0 Å². The topological polar surface area (TPSA) is 47.7 Å². The van der Waals surface area contributed by atoms with E-state index in [9.17, 15) is 0 Å². The molecule has 0 aliphatic carbocycles. The molecule has 2 heterocycles. The predicted octanol–water partition coefficient (Wildman–Crippen LogP) is 0.850. The molecule has 4 unspecified atom stereocenters. The van der Waals surface area contributed by atoms with Crippen LogP contribution in [-0.2, 0) is 9.47 Å². The fraction of sp³-hybridized carbons (Fsp3) is 1.00. The lowest BCUT2D eigenvalue weighted by molar-refractivity contribution is -0.0691. The van der Waals surface area contributed by atoms with Crippen molar-refractivity contribution in [1.82, 2.24) is 4.90 Å². The van der Waals surface area contributed by atoms with Crippen LogP contribution in [-0.4, -0.2) is 56.0 Å². The molecule has 0 aromatic rings. The average molecular weight is 242 g/mol. The number of rotatable bonds is 3. The third kappa shape index (κ3) is 2.81. The minimum atomic E-state index is 0.102. The zero-order chi connectivity index (χ0) is 12.5. The Balaban J connectivity index is 1.99. The standard InChI is InChI=1S/C13H26N2O2/c1-4-11-6-17-10(2)5-15(11)8-13(3)9-16-7-12(13)14/h10-12H,4-9,14H2,1-3H3. The van der Waals surface area contributed by atoms with Gasteiger partial charge in [-0.1, -0.05) is 13.8 Å². The first kappa shape index (κ1) is 13.3. The van der Waals surface area contributed by atoms with Crippen LogP contribution in [0.25, 0.3) is 0 Å². The van der Waals surface area contributed by atoms with Crippen LogP contribution in [0, 0.1) is 5.41 Å². The highest BCUT2D eigenvalue weighted by Gasteiger charge is 2.41. The molecule has 0 aromatic carbocycles. The van der Waals surface area contributed by atoms with Crippen molar-refractivity contribution >= 4 is 0 Å². The number of nitrogens with zero attached hydrogens (tertiary/aromatic N) is 1. The monoisotopic (exact) mass is 242 g/mol. The van der Waals surface area contributed by atoms with E-state index in [1.54, 1.807) is 0 Å². The molecule has 17 heavy (non-hydrogen) atoms. The second kappa shape index (κ2) is 5.22. The largest absolute Gasteiger partial charge is 0.379 e. The number of hydrogen-bond acceptors (Lipinski definition) is 4. The molecule has 2 fully saturated rings. The zero-order valence-corrected chi connectivity index (χ0v) is 11.3. The van der Waals surface area contributed by atoms with E-state index in [4.69, 9.17) is 15.2 Å². The maximum absolute atomic E-state index is 6.17. The van der Waals surface area contributed by atoms with Crippen molar-refractivity contribution in [2.45, 2.75) is 45.4 Å². The van der Waals surface area contributed by atoms with Crippen molar-refractivity contribution in [3.05, 3.63) is 0 Å². The van der Waals surface area contributed by atoms with Crippen LogP contribution in [0.1, 0.15) is 27.2 Å². The van der Waals surface area contributed by atoms with E-state index in [1.165, 1.54) is 0 Å². The maximum Gasteiger partial charge on any atom is 0.0674 e. The van der Waals surface area contributed by atoms with Gasteiger partial charge in [-0.05, 0) is 13.3 Å². The average Bonchev–Trinajstić information content (AvgIpc) is 2.59. The third-order valence-corrected chi connectivity index (χ3v) is 4.24. The first-order valence-electron chi connectivity index (χ1n) is 6.74. The summed E-state index contributed by atoms with van der Waals surface area (Å²) in [5, 5.41) is 0. The molecular weight excluding hydrogens is 216 g/mol. The molecule has 0 radical (unpaired) electrons. The van der Waals surface area contributed by atoms with Gasteiger partial charge in [0.1, 0.15) is 0 Å². The van der Waals surface area contributed by atoms with E-state index in [2.05, 4.69) is 25.7 Å². The first-order valence-corrected chi connectivity index (χ1v) is 6.74. The normalized spacial score (nSPS) is 44.1. The number of nitrogens with two attached hydrogens (primary N) is 1. The summed E-state index contributed by atoms with van der Waals surface area (Å²) in [5.74, 6) is 0. The Hall–Kier alpha value is -0.160. The quantitative estimate of drug-likeness (QED) is 0.797. The van der Waals surface area contributed by atoms with Crippen LogP contribution >= 0.6 is 0 Å². The van der Waals surface area contributed by atoms with E-state index in [0.29, 0.717) is 18.8 Å². The van der Waals surface area contributed by atoms with Crippen molar-refractivity contribution < 1.29 is 9.47 Å². The highest BCUT2D eigenvalue weighted by atomic mass is 16.5. The molecule has 0 aromatic heterocycles. The third-order valence-electron chi connectivity index (χ3n) is 4.24. The van der Waals surface area contributed by atoms with Crippen LogP contribution in [0.15, 0.2) is 0 Å². The molecule has 100 valence electrons. The van der Waals surface area contributed by atoms with Gasteiger partial charge < -0.3 is 15.2 Å². The van der Waals surface area contributed by atoms with E-state index in [0.717, 1.165) is 32.7 Å². The zero-order valence-electron chi connectivity index (χ0n) is 11.3. The molecule has 4 heteroatoms. The molecule has 2 aliphatic rings. The number of hydrogen-bond donors (Lipinski definition) is 1. The SMILES string of the molecule is CCC1COC(C)CN1CC1(C)COCC1N. The minimum Gasteiger partial charge on any atom is -0.379 e. The molecule has 2 aliphatic heterocycles. The van der Waals surface area contributed by atoms with Crippen LogP contribution in [0.4, 0.5) is 0 Å². The molecule has 0 spiro atoms. The lowest BCUT2D eigenvalue weighted by Gasteiger charge is -2.43. The summed E-state index contributed by atoms with van der Waals surface area (Å²) in [6, 6.07) is 0.703. The van der Waals surface area contributed by atoms with Crippen LogP contribution in [0.5, 0.6) is 0 Å². The van der Waals surface area contributed by atoms with Gasteiger partial charge >= 0.3 is 0 Å². The molecule has 2 rings (SSSR count). The summed E-state index contributed by atoms with van der Waals surface area (Å²) in [4.78, 5) is 2.54. The summed E-state index contributed by atoms with van der Waals surface area (Å²) >= 11 is 0. The van der Waals surface area contributed by atoms with E-state index in [-0.39, 0.29) is 11.5 Å². The lowest BCUT2D eigenvalue weighted by atomic mass is 9.84. The fourth-order valence-electron chi connectivity index (χ4n) is 2.84. The number of ether oxygens (including phenoxy) is 2. The van der Waals surface area contributed by atoms with E-state index >= 15 is 0 Å². The van der Waals surface area contributed by atoms with Gasteiger partial charge in [0, 0.05) is 30.6 Å². The van der Waals surface area contributed by atoms with Crippen LogP contribution in [0.3, 0.4) is 0 Å². The van der Waals surface area contributed by atoms with Gasteiger partial charge in [0.05, 0.1) is 25.9 Å². The highest BCUT2D eigenvalue weighted by Crippen LogP contribution is 2.30. The Morgan fingerprint density at radius 2 is 2.18 bits per heavy atom. The first-order chi connectivity index (χ1) is 8.05. The Morgan fingerprint density at radius 3 is 2.76 bits per heavy atom. The van der Waals surface area contributed by atoms with Crippen molar-refractivity contribution in [2.24, 2.45) is 11.1 Å². The molecule has 2 saturated heterocycles. The van der Waals surface area contributed by atoms with Gasteiger partial charge in [0.2, 0.25) is 0 Å². The molecule has 0 amide bonds. The molecular formula is C13H26N2O2. The minimum absolute atomic E-state index is 0.102. The van der Waals surface area contributed by atoms with Gasteiger partial charge in [-0.25, -0.2) is 0 Å². The Kier molecular flexibility index (Phi) is 4.08. The van der Waals surface area contributed by atoms with Crippen LogP contribution < -0.4 is 5.73 Å². The predicted molar refractivity (Wildman–Crippen MR) is 68.0 cm³/mol. The summed E-state index contributed by atoms with van der Waals surface area (Å²) in [5.41, 5.74) is 6.27. The maximum atomic E-state index is 6.17. The molecule has 0 bridgehead atoms. The van der Waals surface area contributed by atoms with E-state index < -0.39 is 0 Å². The lowest BCUT2D eigenvalue weighted by Crippen LogP contribution is -2.55. The van der Waals surface area contributed by atoms with Crippen LogP contribution in [0.2, 0.25) is 0 Å². The van der Waals surface area contributed by atoms with E-state index in [1.807, 2.05) is 0 Å².